The van der Waals surface area contributed by atoms with E-state index in [1.165, 1.54) is 102 Å². The van der Waals surface area contributed by atoms with Crippen LogP contribution >= 0.6 is 0 Å². The number of amides is 2. The molecule has 2 aromatic rings. The van der Waals surface area contributed by atoms with Gasteiger partial charge in [0, 0.05) is 13.1 Å². The number of nitrogens with one attached hydrogen (secondary N) is 2. The molecule has 6 nitrogen and oxygen atoms in total. The van der Waals surface area contributed by atoms with Crippen LogP contribution in [0.15, 0.2) is 58.8 Å². The van der Waals surface area contributed by atoms with Crippen molar-refractivity contribution in [2.24, 2.45) is 10.2 Å². The predicted molar refractivity (Wildman–Crippen MR) is 182 cm³/mol. The van der Waals surface area contributed by atoms with Crippen LogP contribution in [0.25, 0.3) is 0 Å². The van der Waals surface area contributed by atoms with Crippen molar-refractivity contribution in [3.8, 4) is 5.75 Å². The number of carbonyl (C=O) groups excluding carboxylic acids is 1. The number of unbranched alkanes of at least 4 members (excludes halogenated alkanes) is 15. The molecule has 0 saturated heterocycles. The number of nitrogens with zero attached hydrogens (tertiary/aromatic N) is 2. The summed E-state index contributed by atoms with van der Waals surface area (Å²) >= 11 is 0. The number of ether oxygens (including phenoxy) is 1. The van der Waals surface area contributed by atoms with Crippen molar-refractivity contribution >= 4 is 17.4 Å². The van der Waals surface area contributed by atoms with Crippen molar-refractivity contribution in [3.05, 3.63) is 54.1 Å². The van der Waals surface area contributed by atoms with Gasteiger partial charge in [-0.05, 0) is 74.1 Å². The Morgan fingerprint density at radius 1 is 0.558 bits per heavy atom. The number of hydrogen-bond acceptors (Lipinski definition) is 4. The molecule has 0 aliphatic rings. The van der Waals surface area contributed by atoms with Crippen LogP contribution in [0.3, 0.4) is 0 Å². The van der Waals surface area contributed by atoms with Gasteiger partial charge in [-0.1, -0.05) is 116 Å². The second kappa shape index (κ2) is 25.6. The third-order valence-electron chi connectivity index (χ3n) is 7.81. The van der Waals surface area contributed by atoms with E-state index in [2.05, 4.69) is 59.0 Å². The summed E-state index contributed by atoms with van der Waals surface area (Å²) in [5.74, 6) is 0.885. The van der Waals surface area contributed by atoms with E-state index in [4.69, 9.17) is 4.74 Å². The second-order valence-electron chi connectivity index (χ2n) is 11.8. The minimum absolute atomic E-state index is 0.0121. The molecule has 0 unspecified atom stereocenters. The van der Waals surface area contributed by atoms with Crippen molar-refractivity contribution in [3.63, 3.8) is 0 Å². The Labute approximate surface area is 262 Å². The van der Waals surface area contributed by atoms with E-state index in [-0.39, 0.29) is 6.03 Å². The first-order valence-electron chi connectivity index (χ1n) is 17.5. The molecule has 0 heterocycles. The standard InChI is InChI=1S/C37H60N4O2/c1-3-5-7-9-14-18-30-38-37(42)39-31-19-15-12-10-11-13-16-20-32-43-36-28-26-35(27-29-36)41-40-34-24-22-33(23-25-34)21-17-8-6-4-2/h22-29H,3-21,30-32H2,1-2H3,(H2,38,39,42). The van der Waals surface area contributed by atoms with Gasteiger partial charge in [-0.2, -0.15) is 10.2 Å². The highest BCUT2D eigenvalue weighted by atomic mass is 16.5. The summed E-state index contributed by atoms with van der Waals surface area (Å²) in [5, 5.41) is 14.7. The summed E-state index contributed by atoms with van der Waals surface area (Å²) in [5.41, 5.74) is 3.09. The molecule has 2 aromatic carbocycles. The molecule has 0 aromatic heterocycles. The minimum Gasteiger partial charge on any atom is -0.494 e. The third-order valence-corrected chi connectivity index (χ3v) is 7.81. The van der Waals surface area contributed by atoms with Crippen LogP contribution in [0.5, 0.6) is 5.75 Å². The van der Waals surface area contributed by atoms with E-state index in [0.717, 1.165) is 62.5 Å². The molecular weight excluding hydrogens is 532 g/mol. The van der Waals surface area contributed by atoms with Crippen LogP contribution in [-0.4, -0.2) is 25.7 Å². The lowest BCUT2D eigenvalue weighted by atomic mass is 10.1. The molecule has 6 heteroatoms. The molecule has 2 N–H and O–H groups in total. The predicted octanol–water partition coefficient (Wildman–Crippen LogP) is 11.4. The maximum Gasteiger partial charge on any atom is 0.314 e. The lowest BCUT2D eigenvalue weighted by Gasteiger charge is -2.08. The maximum absolute atomic E-state index is 11.8. The van der Waals surface area contributed by atoms with E-state index in [1.807, 2.05) is 24.3 Å². The highest BCUT2D eigenvalue weighted by molar-refractivity contribution is 5.73. The zero-order chi connectivity index (χ0) is 30.6. The Kier molecular flexibility index (Phi) is 21.6. The molecule has 2 rings (SSSR count). The molecule has 43 heavy (non-hydrogen) atoms. The van der Waals surface area contributed by atoms with Gasteiger partial charge in [-0.3, -0.25) is 0 Å². The Bertz CT molecular complexity index is 960. The molecule has 0 aliphatic heterocycles. The van der Waals surface area contributed by atoms with Gasteiger partial charge < -0.3 is 15.4 Å². The minimum atomic E-state index is -0.0121. The SMILES string of the molecule is CCCCCCCCNC(=O)NCCCCCCCCCCOc1ccc(N=Nc2ccc(CCCCCC)cc2)cc1. The van der Waals surface area contributed by atoms with Gasteiger partial charge in [0.1, 0.15) is 5.75 Å². The van der Waals surface area contributed by atoms with Gasteiger partial charge in [0.15, 0.2) is 0 Å². The van der Waals surface area contributed by atoms with Gasteiger partial charge in [0.05, 0.1) is 18.0 Å². The molecule has 0 fully saturated rings. The average molecular weight is 593 g/mol. The Hall–Kier alpha value is -2.89. The van der Waals surface area contributed by atoms with Crippen molar-refractivity contribution < 1.29 is 9.53 Å². The highest BCUT2D eigenvalue weighted by Crippen LogP contribution is 2.22. The molecule has 0 bridgehead atoms. The van der Waals surface area contributed by atoms with Gasteiger partial charge in [0.25, 0.3) is 0 Å². The zero-order valence-electron chi connectivity index (χ0n) is 27.4. The Balaban J connectivity index is 1.41. The van der Waals surface area contributed by atoms with E-state index in [9.17, 15) is 4.79 Å². The summed E-state index contributed by atoms with van der Waals surface area (Å²) < 4.78 is 5.91. The Morgan fingerprint density at radius 3 is 1.53 bits per heavy atom. The fraction of sp³-hybridized carbons (Fsp3) is 0.649. The first-order valence-corrected chi connectivity index (χ1v) is 17.5. The molecule has 0 atom stereocenters. The molecule has 0 spiro atoms. The number of benzene rings is 2. The number of aryl methyl sites for hydroxylation is 1. The fourth-order valence-electron chi connectivity index (χ4n) is 5.06. The van der Waals surface area contributed by atoms with Crippen LogP contribution in [-0.2, 0) is 6.42 Å². The van der Waals surface area contributed by atoms with E-state index < -0.39 is 0 Å². The molecule has 0 saturated carbocycles. The van der Waals surface area contributed by atoms with Crippen LogP contribution in [0.1, 0.15) is 135 Å². The monoisotopic (exact) mass is 592 g/mol. The Morgan fingerprint density at radius 2 is 1.00 bits per heavy atom. The maximum atomic E-state index is 11.8. The molecule has 0 radical (unpaired) electrons. The first kappa shape index (κ1) is 36.3. The van der Waals surface area contributed by atoms with Crippen LogP contribution in [0.2, 0.25) is 0 Å². The summed E-state index contributed by atoms with van der Waals surface area (Å²) in [6.45, 7) is 6.79. The zero-order valence-corrected chi connectivity index (χ0v) is 27.4. The molecule has 0 aliphatic carbocycles. The van der Waals surface area contributed by atoms with Gasteiger partial charge in [-0.15, -0.1) is 0 Å². The number of carbonyl (C=O) groups is 1. The number of hydrogen-bond donors (Lipinski definition) is 2. The summed E-state index contributed by atoms with van der Waals surface area (Å²) in [4.78, 5) is 11.8. The number of azo groups is 1. The van der Waals surface area contributed by atoms with Gasteiger partial charge in [0.2, 0.25) is 0 Å². The van der Waals surface area contributed by atoms with Crippen molar-refractivity contribution in [2.75, 3.05) is 19.7 Å². The van der Waals surface area contributed by atoms with Crippen molar-refractivity contribution in [2.45, 2.75) is 136 Å². The summed E-state index contributed by atoms with van der Waals surface area (Å²) in [6, 6.07) is 16.3. The normalized spacial score (nSPS) is 11.2. The largest absolute Gasteiger partial charge is 0.494 e. The fourth-order valence-corrected chi connectivity index (χ4v) is 5.06. The van der Waals surface area contributed by atoms with Crippen LogP contribution < -0.4 is 15.4 Å². The van der Waals surface area contributed by atoms with Gasteiger partial charge >= 0.3 is 6.03 Å². The third kappa shape index (κ3) is 19.8. The smallest absolute Gasteiger partial charge is 0.314 e. The highest BCUT2D eigenvalue weighted by Gasteiger charge is 2.00. The van der Waals surface area contributed by atoms with E-state index >= 15 is 0 Å². The van der Waals surface area contributed by atoms with E-state index in [1.54, 1.807) is 0 Å². The summed E-state index contributed by atoms with van der Waals surface area (Å²) in [7, 11) is 0. The summed E-state index contributed by atoms with van der Waals surface area (Å²) in [6.07, 6.45) is 23.3. The lowest BCUT2D eigenvalue weighted by Crippen LogP contribution is -2.36. The molecular formula is C37H60N4O2. The van der Waals surface area contributed by atoms with E-state index in [0.29, 0.717) is 0 Å². The first-order chi connectivity index (χ1) is 21.2. The lowest BCUT2D eigenvalue weighted by molar-refractivity contribution is 0.240. The average Bonchev–Trinajstić information content (AvgIpc) is 3.03. The van der Waals surface area contributed by atoms with Crippen molar-refractivity contribution in [1.82, 2.24) is 10.6 Å². The van der Waals surface area contributed by atoms with Gasteiger partial charge in [-0.25, -0.2) is 4.79 Å². The quantitative estimate of drug-likeness (QED) is 0.0842. The topological polar surface area (TPSA) is 75.1 Å². The van der Waals surface area contributed by atoms with Crippen LogP contribution in [0.4, 0.5) is 16.2 Å². The second-order valence-corrected chi connectivity index (χ2v) is 11.8. The number of urea groups is 1. The van der Waals surface area contributed by atoms with Crippen LogP contribution in [0, 0.1) is 0 Å². The van der Waals surface area contributed by atoms with Crippen molar-refractivity contribution in [1.29, 1.82) is 0 Å². The molecule has 2 amide bonds. The molecule has 240 valence electrons. The number of rotatable bonds is 26.